The van der Waals surface area contributed by atoms with E-state index in [1.165, 1.54) is 11.8 Å². The van der Waals surface area contributed by atoms with Crippen molar-refractivity contribution >= 4 is 23.1 Å². The third-order valence-corrected chi connectivity index (χ3v) is 4.84. The quantitative estimate of drug-likeness (QED) is 0.440. The Hall–Kier alpha value is -2.37. The highest BCUT2D eigenvalue weighted by Gasteiger charge is 2.09. The number of nitrogens with zero attached hydrogens (tertiary/aromatic N) is 4. The topological polar surface area (TPSA) is 84.8 Å². The van der Waals surface area contributed by atoms with Crippen molar-refractivity contribution in [3.05, 3.63) is 51.8 Å². The predicted octanol–water partition coefficient (Wildman–Crippen LogP) is 3.66. The van der Waals surface area contributed by atoms with Gasteiger partial charge in [0.2, 0.25) is 5.89 Å². The number of ether oxygens (including phenoxy) is 1. The predicted molar refractivity (Wildman–Crippen MR) is 95.9 cm³/mol. The van der Waals surface area contributed by atoms with E-state index in [0.717, 1.165) is 22.0 Å². The van der Waals surface area contributed by atoms with Crippen LogP contribution in [0.1, 0.15) is 22.2 Å². The molecular formula is C17H16N4O2S2. The SMILES string of the molecule is Cc1nc(Cc2nnc(SCCOc3ccc(CC#N)cc3)o2)cs1. The second-order valence-electron chi connectivity index (χ2n) is 5.17. The summed E-state index contributed by atoms with van der Waals surface area (Å²) < 4.78 is 11.3. The van der Waals surface area contributed by atoms with Crippen LogP contribution in [0.2, 0.25) is 0 Å². The summed E-state index contributed by atoms with van der Waals surface area (Å²) in [5, 5.41) is 20.3. The number of benzene rings is 1. The zero-order valence-electron chi connectivity index (χ0n) is 13.6. The fraction of sp³-hybridized carbons (Fsp3) is 0.294. The van der Waals surface area contributed by atoms with Crippen molar-refractivity contribution in [3.63, 3.8) is 0 Å². The van der Waals surface area contributed by atoms with Crippen LogP contribution in [0.25, 0.3) is 0 Å². The largest absolute Gasteiger partial charge is 0.493 e. The van der Waals surface area contributed by atoms with Crippen molar-refractivity contribution < 1.29 is 9.15 Å². The van der Waals surface area contributed by atoms with E-state index in [1.54, 1.807) is 11.3 Å². The maximum absolute atomic E-state index is 8.65. The van der Waals surface area contributed by atoms with Crippen LogP contribution >= 0.6 is 23.1 Å². The highest BCUT2D eigenvalue weighted by atomic mass is 32.2. The Kier molecular flexibility index (Phi) is 6.04. The number of hydrogen-bond acceptors (Lipinski definition) is 8. The lowest BCUT2D eigenvalue weighted by Gasteiger charge is -2.05. The number of rotatable bonds is 8. The average Bonchev–Trinajstić information content (AvgIpc) is 3.23. The summed E-state index contributed by atoms with van der Waals surface area (Å²) in [6, 6.07) is 9.67. The third kappa shape index (κ3) is 5.31. The van der Waals surface area contributed by atoms with Gasteiger partial charge in [0.15, 0.2) is 0 Å². The minimum Gasteiger partial charge on any atom is -0.493 e. The molecule has 3 rings (SSSR count). The molecule has 0 fully saturated rings. The Balaban J connectivity index is 1.41. The molecule has 0 amide bonds. The summed E-state index contributed by atoms with van der Waals surface area (Å²) in [5.74, 6) is 2.06. The van der Waals surface area contributed by atoms with Crippen LogP contribution in [0.15, 0.2) is 39.3 Å². The number of thiazole rings is 1. The lowest BCUT2D eigenvalue weighted by Crippen LogP contribution is -2.00. The lowest BCUT2D eigenvalue weighted by atomic mass is 10.2. The van der Waals surface area contributed by atoms with Gasteiger partial charge in [0, 0.05) is 11.1 Å². The molecule has 0 aliphatic heterocycles. The van der Waals surface area contributed by atoms with Gasteiger partial charge in [-0.1, -0.05) is 23.9 Å². The van der Waals surface area contributed by atoms with E-state index in [4.69, 9.17) is 14.4 Å². The van der Waals surface area contributed by atoms with Crippen LogP contribution in [0.3, 0.4) is 0 Å². The Morgan fingerprint density at radius 3 is 2.84 bits per heavy atom. The van der Waals surface area contributed by atoms with Crippen LogP contribution in [-0.2, 0) is 12.8 Å². The van der Waals surface area contributed by atoms with E-state index in [9.17, 15) is 0 Å². The van der Waals surface area contributed by atoms with E-state index >= 15 is 0 Å². The first-order chi connectivity index (χ1) is 12.2. The van der Waals surface area contributed by atoms with Gasteiger partial charge < -0.3 is 9.15 Å². The van der Waals surface area contributed by atoms with Crippen LogP contribution in [0.4, 0.5) is 0 Å². The molecule has 0 aliphatic rings. The molecule has 6 nitrogen and oxygen atoms in total. The van der Waals surface area contributed by atoms with Crippen LogP contribution in [0, 0.1) is 18.3 Å². The molecule has 2 aromatic heterocycles. The lowest BCUT2D eigenvalue weighted by molar-refractivity contribution is 0.342. The molecule has 0 spiro atoms. The molecule has 1 aromatic carbocycles. The van der Waals surface area contributed by atoms with E-state index < -0.39 is 0 Å². The van der Waals surface area contributed by atoms with Crippen molar-refractivity contribution in [3.8, 4) is 11.8 Å². The Morgan fingerprint density at radius 1 is 1.28 bits per heavy atom. The molecule has 0 aliphatic carbocycles. The summed E-state index contributed by atoms with van der Waals surface area (Å²) in [6.45, 7) is 2.51. The summed E-state index contributed by atoms with van der Waals surface area (Å²) in [6.07, 6.45) is 0.972. The number of aromatic nitrogens is 3. The van der Waals surface area contributed by atoms with E-state index in [0.29, 0.717) is 36.3 Å². The summed E-state index contributed by atoms with van der Waals surface area (Å²) in [7, 11) is 0. The zero-order valence-corrected chi connectivity index (χ0v) is 15.3. The van der Waals surface area contributed by atoms with E-state index in [2.05, 4.69) is 21.3 Å². The highest BCUT2D eigenvalue weighted by molar-refractivity contribution is 7.99. The van der Waals surface area contributed by atoms with Crippen molar-refractivity contribution in [1.29, 1.82) is 5.26 Å². The minimum atomic E-state index is 0.413. The van der Waals surface area contributed by atoms with Gasteiger partial charge in [0.05, 0.1) is 36.2 Å². The monoisotopic (exact) mass is 372 g/mol. The number of hydrogen-bond donors (Lipinski definition) is 0. The Morgan fingerprint density at radius 2 is 2.12 bits per heavy atom. The molecule has 3 aromatic rings. The third-order valence-electron chi connectivity index (χ3n) is 3.23. The second kappa shape index (κ2) is 8.65. The van der Waals surface area contributed by atoms with Gasteiger partial charge in [0.1, 0.15) is 5.75 Å². The molecule has 0 N–H and O–H groups in total. The smallest absolute Gasteiger partial charge is 0.276 e. The molecule has 0 atom stereocenters. The first-order valence-corrected chi connectivity index (χ1v) is 9.54. The van der Waals surface area contributed by atoms with E-state index in [-0.39, 0.29) is 0 Å². The van der Waals surface area contributed by atoms with Crippen LogP contribution in [-0.4, -0.2) is 27.5 Å². The molecule has 0 radical (unpaired) electrons. The van der Waals surface area contributed by atoms with Gasteiger partial charge in [-0.3, -0.25) is 0 Å². The van der Waals surface area contributed by atoms with Gasteiger partial charge in [-0.05, 0) is 24.6 Å². The first kappa shape index (κ1) is 17.5. The molecule has 0 saturated carbocycles. The maximum Gasteiger partial charge on any atom is 0.276 e. The van der Waals surface area contributed by atoms with E-state index in [1.807, 2.05) is 36.6 Å². The molecule has 8 heteroatoms. The van der Waals surface area contributed by atoms with Gasteiger partial charge >= 0.3 is 0 Å². The van der Waals surface area contributed by atoms with Crippen molar-refractivity contribution in [2.75, 3.05) is 12.4 Å². The Bertz CT molecular complexity index is 852. The molecule has 0 bridgehead atoms. The van der Waals surface area contributed by atoms with Gasteiger partial charge in [-0.2, -0.15) is 5.26 Å². The van der Waals surface area contributed by atoms with Crippen molar-refractivity contribution in [1.82, 2.24) is 15.2 Å². The second-order valence-corrected chi connectivity index (χ2v) is 7.28. The molecule has 0 saturated heterocycles. The van der Waals surface area contributed by atoms with Crippen LogP contribution in [0.5, 0.6) is 5.75 Å². The molecule has 25 heavy (non-hydrogen) atoms. The fourth-order valence-electron chi connectivity index (χ4n) is 2.10. The molecule has 0 unspecified atom stereocenters. The van der Waals surface area contributed by atoms with Gasteiger partial charge in [0.25, 0.3) is 5.22 Å². The first-order valence-electron chi connectivity index (χ1n) is 7.68. The van der Waals surface area contributed by atoms with Crippen molar-refractivity contribution in [2.45, 2.75) is 25.0 Å². The number of thioether (sulfide) groups is 1. The van der Waals surface area contributed by atoms with Gasteiger partial charge in [-0.15, -0.1) is 21.5 Å². The minimum absolute atomic E-state index is 0.413. The standard InChI is InChI=1S/C17H16N4O2S2/c1-12-19-14(11-25-12)10-16-20-21-17(23-16)24-9-8-22-15-4-2-13(3-5-15)6-7-18/h2-5,11H,6,8-10H2,1H3. The Labute approximate surface area is 153 Å². The fourth-order valence-corrected chi connectivity index (χ4v) is 3.30. The molecule has 2 heterocycles. The van der Waals surface area contributed by atoms with Gasteiger partial charge in [-0.25, -0.2) is 4.98 Å². The number of nitriles is 1. The highest BCUT2D eigenvalue weighted by Crippen LogP contribution is 2.19. The zero-order chi connectivity index (χ0) is 17.5. The maximum atomic E-state index is 8.65. The molecular weight excluding hydrogens is 356 g/mol. The summed E-state index contributed by atoms with van der Waals surface area (Å²) >= 11 is 3.07. The van der Waals surface area contributed by atoms with Crippen LogP contribution < -0.4 is 4.74 Å². The molecule has 128 valence electrons. The summed E-state index contributed by atoms with van der Waals surface area (Å²) in [5.41, 5.74) is 1.93. The van der Waals surface area contributed by atoms with Crippen molar-refractivity contribution in [2.24, 2.45) is 0 Å². The summed E-state index contributed by atoms with van der Waals surface area (Å²) in [4.78, 5) is 4.39. The normalized spacial score (nSPS) is 10.6. The average molecular weight is 372 g/mol. The number of aryl methyl sites for hydroxylation is 1.